The molecule has 2 aliphatic heterocycles. The number of rotatable bonds is 4. The van der Waals surface area contributed by atoms with Crippen LogP contribution in [0.1, 0.15) is 24.9 Å². The number of benzene rings is 2. The van der Waals surface area contributed by atoms with Crippen molar-refractivity contribution in [2.75, 3.05) is 25.1 Å². The molecule has 1 N–H and O–H groups in total. The van der Waals surface area contributed by atoms with Gasteiger partial charge in [0.25, 0.3) is 0 Å². The molecule has 0 unspecified atom stereocenters. The minimum Gasteiger partial charge on any atom is -0.486 e. The molecule has 2 amide bonds. The van der Waals surface area contributed by atoms with Gasteiger partial charge in [-0.3, -0.25) is 9.59 Å². The van der Waals surface area contributed by atoms with E-state index < -0.39 is 0 Å². The Morgan fingerprint density at radius 3 is 2.63 bits per heavy atom. The average Bonchev–Trinajstić information content (AvgIpc) is 3.10. The van der Waals surface area contributed by atoms with Crippen molar-refractivity contribution in [1.29, 1.82) is 0 Å². The second-order valence-corrected chi connectivity index (χ2v) is 6.88. The van der Waals surface area contributed by atoms with E-state index in [0.717, 1.165) is 5.56 Å². The van der Waals surface area contributed by atoms with E-state index in [0.29, 0.717) is 36.9 Å². The number of nitrogens with one attached hydrogen (secondary N) is 1. The van der Waals surface area contributed by atoms with Crippen LogP contribution in [0.3, 0.4) is 0 Å². The van der Waals surface area contributed by atoms with Gasteiger partial charge in [-0.2, -0.15) is 0 Å². The zero-order valence-electron chi connectivity index (χ0n) is 15.2. The second kappa shape index (κ2) is 7.31. The molecule has 6 heteroatoms. The molecule has 0 radical (unpaired) electrons. The number of hydrogen-bond donors (Lipinski definition) is 1. The Labute approximate surface area is 158 Å². The van der Waals surface area contributed by atoms with Gasteiger partial charge in [-0.15, -0.1) is 0 Å². The van der Waals surface area contributed by atoms with Gasteiger partial charge in [-0.1, -0.05) is 30.3 Å². The van der Waals surface area contributed by atoms with Gasteiger partial charge in [0.2, 0.25) is 11.8 Å². The molecule has 6 nitrogen and oxygen atoms in total. The highest BCUT2D eigenvalue weighted by Gasteiger charge is 2.37. The van der Waals surface area contributed by atoms with E-state index in [1.165, 1.54) is 0 Å². The minimum absolute atomic E-state index is 0.00803. The predicted molar refractivity (Wildman–Crippen MR) is 101 cm³/mol. The monoisotopic (exact) mass is 366 g/mol. The molecule has 2 heterocycles. The quantitative estimate of drug-likeness (QED) is 0.903. The lowest BCUT2D eigenvalue weighted by atomic mass is 10.1. The smallest absolute Gasteiger partial charge is 0.229 e. The van der Waals surface area contributed by atoms with Crippen LogP contribution in [-0.4, -0.2) is 36.5 Å². The Bertz CT molecular complexity index is 853. The Balaban J connectivity index is 1.42. The normalized spacial score (nSPS) is 19.7. The summed E-state index contributed by atoms with van der Waals surface area (Å²) >= 11 is 0. The summed E-state index contributed by atoms with van der Waals surface area (Å²) in [4.78, 5) is 26.9. The van der Waals surface area contributed by atoms with Crippen LogP contribution in [0.5, 0.6) is 11.5 Å². The SMILES string of the molecule is C[C@@H](c1ccccc1)N1C[C@@H](C(=O)Nc2ccc3c(c2)OCCO3)CC1=O. The molecule has 0 aromatic heterocycles. The molecule has 0 spiro atoms. The van der Waals surface area contributed by atoms with Gasteiger partial charge >= 0.3 is 0 Å². The molecule has 0 aliphatic carbocycles. The number of likely N-dealkylation sites (tertiary alicyclic amines) is 1. The van der Waals surface area contributed by atoms with Crippen LogP contribution in [0.15, 0.2) is 48.5 Å². The maximum absolute atomic E-state index is 12.7. The first-order chi connectivity index (χ1) is 13.1. The Morgan fingerprint density at radius 2 is 1.85 bits per heavy atom. The van der Waals surface area contributed by atoms with E-state index in [2.05, 4.69) is 5.32 Å². The van der Waals surface area contributed by atoms with E-state index >= 15 is 0 Å². The molecule has 0 saturated carbocycles. The van der Waals surface area contributed by atoms with Crippen molar-refractivity contribution in [2.24, 2.45) is 5.92 Å². The topological polar surface area (TPSA) is 67.9 Å². The number of fused-ring (bicyclic) bond motifs is 1. The molecule has 2 aromatic carbocycles. The van der Waals surface area contributed by atoms with Crippen molar-refractivity contribution in [3.05, 3.63) is 54.1 Å². The number of hydrogen-bond acceptors (Lipinski definition) is 4. The van der Waals surface area contributed by atoms with Gasteiger partial charge in [0.05, 0.1) is 12.0 Å². The molecule has 2 aromatic rings. The zero-order valence-corrected chi connectivity index (χ0v) is 15.2. The van der Waals surface area contributed by atoms with E-state index in [-0.39, 0.29) is 30.2 Å². The van der Waals surface area contributed by atoms with E-state index in [9.17, 15) is 9.59 Å². The molecule has 27 heavy (non-hydrogen) atoms. The lowest BCUT2D eigenvalue weighted by Crippen LogP contribution is -2.30. The van der Waals surface area contributed by atoms with Gasteiger partial charge in [-0.25, -0.2) is 0 Å². The summed E-state index contributed by atoms with van der Waals surface area (Å²) < 4.78 is 11.0. The minimum atomic E-state index is -0.364. The van der Waals surface area contributed by atoms with Crippen LogP contribution >= 0.6 is 0 Å². The van der Waals surface area contributed by atoms with Crippen molar-refractivity contribution < 1.29 is 19.1 Å². The fourth-order valence-electron chi connectivity index (χ4n) is 3.56. The van der Waals surface area contributed by atoms with Crippen LogP contribution in [0.25, 0.3) is 0 Å². The van der Waals surface area contributed by atoms with Gasteiger partial charge in [0, 0.05) is 24.7 Å². The van der Waals surface area contributed by atoms with Gasteiger partial charge in [-0.05, 0) is 24.6 Å². The number of ether oxygens (including phenoxy) is 2. The molecular formula is C21H22N2O4. The highest BCUT2D eigenvalue weighted by molar-refractivity contribution is 5.97. The summed E-state index contributed by atoms with van der Waals surface area (Å²) in [5.74, 6) is 0.798. The third-order valence-corrected chi connectivity index (χ3v) is 5.09. The molecular weight excluding hydrogens is 344 g/mol. The van der Waals surface area contributed by atoms with Crippen molar-refractivity contribution >= 4 is 17.5 Å². The number of anilines is 1. The van der Waals surface area contributed by atoms with Gasteiger partial charge < -0.3 is 19.7 Å². The van der Waals surface area contributed by atoms with Crippen LogP contribution in [0.2, 0.25) is 0 Å². The van der Waals surface area contributed by atoms with Crippen molar-refractivity contribution in [1.82, 2.24) is 4.90 Å². The molecule has 0 bridgehead atoms. The number of nitrogens with zero attached hydrogens (tertiary/aromatic N) is 1. The fraction of sp³-hybridized carbons (Fsp3) is 0.333. The number of carbonyl (C=O) groups excluding carboxylic acids is 2. The lowest BCUT2D eigenvalue weighted by Gasteiger charge is -2.25. The molecule has 1 saturated heterocycles. The average molecular weight is 366 g/mol. The summed E-state index contributed by atoms with van der Waals surface area (Å²) in [6, 6.07) is 15.1. The second-order valence-electron chi connectivity index (χ2n) is 6.88. The maximum Gasteiger partial charge on any atom is 0.229 e. The fourth-order valence-corrected chi connectivity index (χ4v) is 3.56. The third kappa shape index (κ3) is 3.60. The molecule has 2 atom stereocenters. The first-order valence-electron chi connectivity index (χ1n) is 9.17. The summed E-state index contributed by atoms with van der Waals surface area (Å²) in [6.45, 7) is 3.44. The number of amides is 2. The Hall–Kier alpha value is -3.02. The van der Waals surface area contributed by atoms with Crippen LogP contribution < -0.4 is 14.8 Å². The first-order valence-corrected chi connectivity index (χ1v) is 9.17. The molecule has 2 aliphatic rings. The summed E-state index contributed by atoms with van der Waals surface area (Å²) in [7, 11) is 0. The van der Waals surface area contributed by atoms with E-state index in [4.69, 9.17) is 9.47 Å². The van der Waals surface area contributed by atoms with Gasteiger partial charge in [0.15, 0.2) is 11.5 Å². The highest BCUT2D eigenvalue weighted by atomic mass is 16.6. The van der Waals surface area contributed by atoms with Crippen molar-refractivity contribution in [3.63, 3.8) is 0 Å². The first kappa shape index (κ1) is 17.4. The van der Waals surface area contributed by atoms with E-state index in [1.807, 2.05) is 37.3 Å². The van der Waals surface area contributed by atoms with Crippen LogP contribution in [0, 0.1) is 5.92 Å². The standard InChI is InChI=1S/C21H22N2O4/c1-14(15-5-3-2-4-6-15)23-13-16(11-20(23)24)21(25)22-17-7-8-18-19(12-17)27-10-9-26-18/h2-8,12,14,16H,9-11,13H2,1H3,(H,22,25)/t14-,16-/m0/s1. The maximum atomic E-state index is 12.7. The number of carbonyl (C=O) groups is 2. The summed E-state index contributed by atoms with van der Waals surface area (Å²) in [5.41, 5.74) is 1.71. The Kier molecular flexibility index (Phi) is 4.71. The lowest BCUT2D eigenvalue weighted by molar-refractivity contribution is -0.129. The summed E-state index contributed by atoms with van der Waals surface area (Å²) in [5, 5.41) is 2.90. The Morgan fingerprint density at radius 1 is 1.11 bits per heavy atom. The molecule has 1 fully saturated rings. The van der Waals surface area contributed by atoms with Crippen molar-refractivity contribution in [3.8, 4) is 11.5 Å². The van der Waals surface area contributed by atoms with Gasteiger partial charge in [0.1, 0.15) is 13.2 Å². The van der Waals surface area contributed by atoms with E-state index in [1.54, 1.807) is 23.1 Å². The van der Waals surface area contributed by atoms with Crippen molar-refractivity contribution in [2.45, 2.75) is 19.4 Å². The predicted octanol–water partition coefficient (Wildman–Crippen LogP) is 3.01. The molecule has 140 valence electrons. The largest absolute Gasteiger partial charge is 0.486 e. The third-order valence-electron chi connectivity index (χ3n) is 5.09. The zero-order chi connectivity index (χ0) is 18.8. The summed E-state index contributed by atoms with van der Waals surface area (Å²) in [6.07, 6.45) is 0.230. The van der Waals surface area contributed by atoms with Crippen LogP contribution in [0.4, 0.5) is 5.69 Å². The highest BCUT2D eigenvalue weighted by Crippen LogP contribution is 2.33. The van der Waals surface area contributed by atoms with Crippen LogP contribution in [-0.2, 0) is 9.59 Å². The molecule has 4 rings (SSSR count).